The second-order valence-electron chi connectivity index (χ2n) is 7.62. The molecule has 0 amide bonds. The lowest BCUT2D eigenvalue weighted by atomic mass is 9.82. The van der Waals surface area contributed by atoms with E-state index in [0.29, 0.717) is 6.10 Å². The summed E-state index contributed by atoms with van der Waals surface area (Å²) in [5.74, 6) is 1.86. The van der Waals surface area contributed by atoms with Crippen LogP contribution in [0.2, 0.25) is 0 Å². The van der Waals surface area contributed by atoms with Crippen LogP contribution in [0, 0.1) is 5.92 Å². The normalized spacial score (nSPS) is 28.7. The van der Waals surface area contributed by atoms with E-state index in [0.717, 1.165) is 44.5 Å². The van der Waals surface area contributed by atoms with Gasteiger partial charge in [0.1, 0.15) is 5.75 Å². The predicted molar refractivity (Wildman–Crippen MR) is 95.4 cm³/mol. The predicted octanol–water partition coefficient (Wildman–Crippen LogP) is 2.77. The number of nitrogens with zero attached hydrogens (tertiary/aromatic N) is 2. The van der Waals surface area contributed by atoms with Gasteiger partial charge in [0.05, 0.1) is 19.3 Å². The van der Waals surface area contributed by atoms with Crippen LogP contribution in [0.15, 0.2) is 24.3 Å². The molecule has 0 bridgehead atoms. The first-order valence-corrected chi connectivity index (χ1v) is 9.63. The van der Waals surface area contributed by atoms with Crippen LogP contribution >= 0.6 is 0 Å². The first kappa shape index (κ1) is 16.4. The zero-order chi connectivity index (χ0) is 16.2. The van der Waals surface area contributed by atoms with Gasteiger partial charge in [-0.2, -0.15) is 0 Å². The van der Waals surface area contributed by atoms with Gasteiger partial charge in [-0.25, -0.2) is 0 Å². The Labute approximate surface area is 145 Å². The Balaban J connectivity index is 1.21. The van der Waals surface area contributed by atoms with Gasteiger partial charge in [0, 0.05) is 26.2 Å². The zero-order valence-electron chi connectivity index (χ0n) is 14.7. The number of benzene rings is 1. The van der Waals surface area contributed by atoms with Crippen LogP contribution < -0.4 is 4.74 Å². The Hall–Kier alpha value is -1.10. The lowest BCUT2D eigenvalue weighted by molar-refractivity contribution is 0.000116. The lowest BCUT2D eigenvalue weighted by Crippen LogP contribution is -2.45. The smallest absolute Gasteiger partial charge is 0.120 e. The fourth-order valence-electron chi connectivity index (χ4n) is 4.18. The Morgan fingerprint density at radius 3 is 2.58 bits per heavy atom. The van der Waals surface area contributed by atoms with Gasteiger partial charge in [0.25, 0.3) is 0 Å². The second kappa shape index (κ2) is 7.85. The molecular formula is C20H30N2O2. The van der Waals surface area contributed by atoms with Crippen LogP contribution in [0.25, 0.3) is 0 Å². The van der Waals surface area contributed by atoms with E-state index in [1.54, 1.807) is 0 Å². The van der Waals surface area contributed by atoms with Crippen LogP contribution in [0.5, 0.6) is 5.75 Å². The van der Waals surface area contributed by atoms with Crippen LogP contribution in [0.4, 0.5) is 0 Å². The van der Waals surface area contributed by atoms with Gasteiger partial charge < -0.3 is 9.47 Å². The highest BCUT2D eigenvalue weighted by atomic mass is 16.5. The van der Waals surface area contributed by atoms with E-state index in [9.17, 15) is 0 Å². The first-order chi connectivity index (χ1) is 11.8. The molecule has 3 aliphatic rings. The van der Waals surface area contributed by atoms with Crippen molar-refractivity contribution in [3.05, 3.63) is 29.8 Å². The molecule has 4 heteroatoms. The Bertz CT molecular complexity index is 518. The molecule has 4 rings (SSSR count). The summed E-state index contributed by atoms with van der Waals surface area (Å²) in [6, 6.07) is 8.73. The van der Waals surface area contributed by atoms with Crippen molar-refractivity contribution >= 4 is 0 Å². The SMILES string of the molecule is c1cc(CN2CCCC2)cc(OC2CC(CN3CCOCC3)C2)c1. The maximum absolute atomic E-state index is 6.21. The van der Waals surface area contributed by atoms with Gasteiger partial charge in [0.2, 0.25) is 0 Å². The minimum Gasteiger partial charge on any atom is -0.490 e. The van der Waals surface area contributed by atoms with Crippen LogP contribution in [0.1, 0.15) is 31.2 Å². The fourth-order valence-corrected chi connectivity index (χ4v) is 4.18. The molecule has 0 aromatic heterocycles. The van der Waals surface area contributed by atoms with Gasteiger partial charge in [0.15, 0.2) is 0 Å². The molecule has 0 N–H and O–H groups in total. The van der Waals surface area contributed by atoms with Crippen molar-refractivity contribution in [2.45, 2.75) is 38.3 Å². The first-order valence-electron chi connectivity index (χ1n) is 9.63. The molecule has 1 aliphatic carbocycles. The second-order valence-corrected chi connectivity index (χ2v) is 7.62. The monoisotopic (exact) mass is 330 g/mol. The van der Waals surface area contributed by atoms with E-state index >= 15 is 0 Å². The average Bonchev–Trinajstić information content (AvgIpc) is 3.07. The van der Waals surface area contributed by atoms with Crippen LogP contribution in [-0.2, 0) is 11.3 Å². The Morgan fingerprint density at radius 1 is 1.00 bits per heavy atom. The fraction of sp³-hybridized carbons (Fsp3) is 0.700. The lowest BCUT2D eigenvalue weighted by Gasteiger charge is -2.39. The standard InChI is InChI=1S/C20H30N2O2/c1-2-7-21(6-1)15-17-4-3-5-19(12-17)24-20-13-18(14-20)16-22-8-10-23-11-9-22/h3-5,12,18,20H,1-2,6-11,13-16H2. The molecule has 0 radical (unpaired) electrons. The molecule has 0 unspecified atom stereocenters. The van der Waals surface area contributed by atoms with Crippen molar-refractivity contribution in [3.63, 3.8) is 0 Å². The molecule has 2 heterocycles. The van der Waals surface area contributed by atoms with Crippen molar-refractivity contribution in [1.82, 2.24) is 9.80 Å². The van der Waals surface area contributed by atoms with E-state index < -0.39 is 0 Å². The van der Waals surface area contributed by atoms with Gasteiger partial charge in [-0.15, -0.1) is 0 Å². The van der Waals surface area contributed by atoms with Gasteiger partial charge in [-0.05, 0) is 62.4 Å². The number of hydrogen-bond donors (Lipinski definition) is 0. The quantitative estimate of drug-likeness (QED) is 0.801. The van der Waals surface area contributed by atoms with E-state index in [4.69, 9.17) is 9.47 Å². The molecule has 2 aliphatic heterocycles. The minimum absolute atomic E-state index is 0.415. The molecule has 1 saturated carbocycles. The van der Waals surface area contributed by atoms with Crippen molar-refractivity contribution in [2.24, 2.45) is 5.92 Å². The highest BCUT2D eigenvalue weighted by molar-refractivity contribution is 5.29. The number of likely N-dealkylation sites (tertiary alicyclic amines) is 1. The third-order valence-electron chi connectivity index (χ3n) is 5.62. The summed E-state index contributed by atoms with van der Waals surface area (Å²) in [4.78, 5) is 5.09. The van der Waals surface area contributed by atoms with Crippen LogP contribution in [0.3, 0.4) is 0 Å². The van der Waals surface area contributed by atoms with E-state index in [1.807, 2.05) is 0 Å². The van der Waals surface area contributed by atoms with E-state index in [-0.39, 0.29) is 0 Å². The van der Waals surface area contributed by atoms with Gasteiger partial charge >= 0.3 is 0 Å². The summed E-state index contributed by atoms with van der Waals surface area (Å²) in [6.07, 6.45) is 5.52. The van der Waals surface area contributed by atoms with Crippen LogP contribution in [-0.4, -0.2) is 61.8 Å². The molecule has 1 aromatic carbocycles. The summed E-state index contributed by atoms with van der Waals surface area (Å²) < 4.78 is 11.6. The van der Waals surface area contributed by atoms with Crippen molar-refractivity contribution in [3.8, 4) is 5.75 Å². The molecule has 2 saturated heterocycles. The molecule has 0 atom stereocenters. The molecule has 24 heavy (non-hydrogen) atoms. The molecule has 132 valence electrons. The summed E-state index contributed by atoms with van der Waals surface area (Å²) in [5.41, 5.74) is 1.39. The third kappa shape index (κ3) is 4.29. The maximum atomic E-state index is 6.21. The van der Waals surface area contributed by atoms with Crippen molar-refractivity contribution in [2.75, 3.05) is 45.9 Å². The minimum atomic E-state index is 0.415. The average molecular weight is 330 g/mol. The molecule has 3 fully saturated rings. The summed E-state index contributed by atoms with van der Waals surface area (Å²) in [7, 11) is 0. The van der Waals surface area contributed by atoms with E-state index in [1.165, 1.54) is 50.9 Å². The number of rotatable bonds is 6. The molecule has 1 aromatic rings. The molecule has 0 spiro atoms. The summed E-state index contributed by atoms with van der Waals surface area (Å²) in [6.45, 7) is 8.78. The highest BCUT2D eigenvalue weighted by Crippen LogP contribution is 2.32. The number of ether oxygens (including phenoxy) is 2. The highest BCUT2D eigenvalue weighted by Gasteiger charge is 2.32. The van der Waals surface area contributed by atoms with Gasteiger partial charge in [-0.3, -0.25) is 9.80 Å². The molecule has 4 nitrogen and oxygen atoms in total. The topological polar surface area (TPSA) is 24.9 Å². The number of morpholine rings is 1. The zero-order valence-corrected chi connectivity index (χ0v) is 14.7. The summed E-state index contributed by atoms with van der Waals surface area (Å²) >= 11 is 0. The van der Waals surface area contributed by atoms with Crippen molar-refractivity contribution in [1.29, 1.82) is 0 Å². The maximum Gasteiger partial charge on any atom is 0.120 e. The molecular weight excluding hydrogens is 300 g/mol. The summed E-state index contributed by atoms with van der Waals surface area (Å²) in [5, 5.41) is 0. The third-order valence-corrected chi connectivity index (χ3v) is 5.62. The number of hydrogen-bond acceptors (Lipinski definition) is 4. The van der Waals surface area contributed by atoms with Gasteiger partial charge in [-0.1, -0.05) is 12.1 Å². The Morgan fingerprint density at radius 2 is 1.79 bits per heavy atom. The van der Waals surface area contributed by atoms with E-state index in [2.05, 4.69) is 34.1 Å². The Kier molecular flexibility index (Phi) is 5.36. The largest absolute Gasteiger partial charge is 0.490 e. The van der Waals surface area contributed by atoms with Crippen molar-refractivity contribution < 1.29 is 9.47 Å².